The summed E-state index contributed by atoms with van der Waals surface area (Å²) in [5, 5.41) is 5.10. The molecule has 2 heterocycles. The zero-order chi connectivity index (χ0) is 19.7. The zero-order valence-electron chi connectivity index (χ0n) is 15.7. The second-order valence-corrected chi connectivity index (χ2v) is 7.37. The molecule has 0 saturated carbocycles. The summed E-state index contributed by atoms with van der Waals surface area (Å²) in [5.41, 5.74) is 3.31. The van der Waals surface area contributed by atoms with E-state index in [9.17, 15) is 4.79 Å². The van der Waals surface area contributed by atoms with Gasteiger partial charge in [0, 0.05) is 12.1 Å². The van der Waals surface area contributed by atoms with Crippen molar-refractivity contribution in [2.24, 2.45) is 0 Å². The van der Waals surface area contributed by atoms with Crippen LogP contribution in [-0.2, 0) is 9.53 Å². The number of fused-ring (bicyclic) bond motifs is 1. The number of methoxy groups -OCH3 is 1. The summed E-state index contributed by atoms with van der Waals surface area (Å²) in [6.07, 6.45) is 2.17. The highest BCUT2D eigenvalue weighted by Crippen LogP contribution is 2.42. The van der Waals surface area contributed by atoms with Crippen LogP contribution in [0, 0.1) is 6.92 Å². The van der Waals surface area contributed by atoms with Crippen molar-refractivity contribution in [2.45, 2.75) is 25.4 Å². The maximum absolute atomic E-state index is 12.9. The molecule has 0 spiro atoms. The number of amides is 1. The van der Waals surface area contributed by atoms with Crippen LogP contribution in [-0.4, -0.2) is 34.4 Å². The molecule has 1 amide bonds. The topological polar surface area (TPSA) is 60.2 Å². The van der Waals surface area contributed by atoms with E-state index in [0.717, 1.165) is 11.1 Å². The summed E-state index contributed by atoms with van der Waals surface area (Å²) in [4.78, 5) is 19.0. The van der Waals surface area contributed by atoms with Crippen molar-refractivity contribution in [1.29, 1.82) is 0 Å². The number of carbonyl (C=O) groups excluding carboxylic acids is 1. The number of halogens is 1. The van der Waals surface area contributed by atoms with Crippen molar-refractivity contribution in [1.82, 2.24) is 14.8 Å². The monoisotopic (exact) mass is 396 g/mol. The van der Waals surface area contributed by atoms with Crippen LogP contribution in [0.1, 0.15) is 35.2 Å². The van der Waals surface area contributed by atoms with Crippen LogP contribution in [0.5, 0.6) is 0 Å². The van der Waals surface area contributed by atoms with Crippen LogP contribution < -0.4 is 4.90 Å². The second kappa shape index (κ2) is 7.73. The van der Waals surface area contributed by atoms with E-state index in [-0.39, 0.29) is 24.6 Å². The van der Waals surface area contributed by atoms with Gasteiger partial charge in [-0.15, -0.1) is 0 Å². The van der Waals surface area contributed by atoms with Crippen molar-refractivity contribution in [2.75, 3.05) is 18.6 Å². The van der Waals surface area contributed by atoms with Crippen LogP contribution in [0.4, 0.5) is 5.95 Å². The van der Waals surface area contributed by atoms with Crippen molar-refractivity contribution in [3.05, 3.63) is 76.6 Å². The summed E-state index contributed by atoms with van der Waals surface area (Å²) in [6, 6.07) is 15.8. The molecule has 1 aliphatic heterocycles. The van der Waals surface area contributed by atoms with Gasteiger partial charge in [-0.3, -0.25) is 9.69 Å². The molecule has 0 N–H and O–H groups in total. The summed E-state index contributed by atoms with van der Waals surface area (Å²) >= 11 is 6.07. The Morgan fingerprint density at radius 1 is 1.11 bits per heavy atom. The van der Waals surface area contributed by atoms with Crippen molar-refractivity contribution < 1.29 is 9.53 Å². The first-order valence-electron chi connectivity index (χ1n) is 9.11. The highest BCUT2D eigenvalue weighted by Gasteiger charge is 2.39. The summed E-state index contributed by atoms with van der Waals surface area (Å²) in [5.74, 6) is 0.385. The lowest BCUT2D eigenvalue weighted by atomic mass is 9.91. The van der Waals surface area contributed by atoms with Crippen molar-refractivity contribution in [3.8, 4) is 0 Å². The fourth-order valence-electron chi connectivity index (χ4n) is 3.71. The van der Waals surface area contributed by atoms with E-state index in [1.54, 1.807) is 4.90 Å². The zero-order valence-corrected chi connectivity index (χ0v) is 16.5. The van der Waals surface area contributed by atoms with Crippen molar-refractivity contribution in [3.63, 3.8) is 0 Å². The first-order chi connectivity index (χ1) is 13.6. The largest absolute Gasteiger partial charge is 0.375 e. The Hall–Kier alpha value is -2.70. The predicted molar refractivity (Wildman–Crippen MR) is 108 cm³/mol. The molecule has 0 radical (unpaired) electrons. The predicted octanol–water partition coefficient (Wildman–Crippen LogP) is 3.95. The van der Waals surface area contributed by atoms with E-state index in [1.165, 1.54) is 19.0 Å². The minimum Gasteiger partial charge on any atom is -0.375 e. The summed E-state index contributed by atoms with van der Waals surface area (Å²) in [7, 11) is 1.52. The molecule has 1 aromatic heterocycles. The Labute approximate surface area is 168 Å². The van der Waals surface area contributed by atoms with E-state index in [1.807, 2.05) is 35.9 Å². The molecule has 6 nitrogen and oxygen atoms in total. The number of hydrogen-bond acceptors (Lipinski definition) is 4. The number of rotatable bonds is 4. The molecule has 2 atom stereocenters. The third-order valence-electron chi connectivity index (χ3n) is 5.08. The fraction of sp³-hybridized carbons (Fsp3) is 0.286. The summed E-state index contributed by atoms with van der Waals surface area (Å²) < 4.78 is 6.92. The van der Waals surface area contributed by atoms with E-state index in [2.05, 4.69) is 34.3 Å². The number of ether oxygens (including phenoxy) is 1. The molecule has 3 aromatic rings. The Balaban J connectivity index is 1.81. The standard InChI is InChI=1S/C21H21ClN4O2/c1-14-3-5-15(6-4-14)18-11-19(16-7-9-17(22)10-8-16)26-21(23-13-24-26)25(18)20(27)12-28-2/h3-10,13,18-19H,11-12H2,1-2H3/t18-,19+/m0/s1. The van der Waals surface area contributed by atoms with Crippen LogP contribution in [0.15, 0.2) is 54.9 Å². The molecule has 0 aliphatic carbocycles. The lowest BCUT2D eigenvalue weighted by molar-refractivity contribution is -0.123. The molecule has 28 heavy (non-hydrogen) atoms. The van der Waals surface area contributed by atoms with E-state index < -0.39 is 0 Å². The maximum atomic E-state index is 12.9. The Morgan fingerprint density at radius 2 is 1.75 bits per heavy atom. The third kappa shape index (κ3) is 3.41. The number of hydrogen-bond donors (Lipinski definition) is 0. The van der Waals surface area contributed by atoms with Crippen molar-refractivity contribution >= 4 is 23.5 Å². The molecule has 4 rings (SSSR count). The highest BCUT2D eigenvalue weighted by atomic mass is 35.5. The van der Waals surface area contributed by atoms with E-state index in [0.29, 0.717) is 17.4 Å². The molecular weight excluding hydrogens is 376 g/mol. The quantitative estimate of drug-likeness (QED) is 0.669. The molecule has 0 unspecified atom stereocenters. The first kappa shape index (κ1) is 18.7. The number of benzene rings is 2. The maximum Gasteiger partial charge on any atom is 0.255 e. The van der Waals surface area contributed by atoms with Crippen LogP contribution >= 0.6 is 11.6 Å². The van der Waals surface area contributed by atoms with Gasteiger partial charge < -0.3 is 4.74 Å². The van der Waals surface area contributed by atoms with Gasteiger partial charge in [-0.05, 0) is 36.6 Å². The molecule has 1 aliphatic rings. The Kier molecular flexibility index (Phi) is 5.15. The average Bonchev–Trinajstić information content (AvgIpc) is 3.18. The molecule has 0 saturated heterocycles. The van der Waals surface area contributed by atoms with Crippen LogP contribution in [0.2, 0.25) is 5.02 Å². The van der Waals surface area contributed by atoms with Gasteiger partial charge in [0.2, 0.25) is 5.95 Å². The molecule has 7 heteroatoms. The molecule has 0 bridgehead atoms. The summed E-state index contributed by atoms with van der Waals surface area (Å²) in [6.45, 7) is 2.03. The van der Waals surface area contributed by atoms with Gasteiger partial charge in [0.05, 0.1) is 12.1 Å². The smallest absolute Gasteiger partial charge is 0.255 e. The van der Waals surface area contributed by atoms with Gasteiger partial charge in [0.1, 0.15) is 12.9 Å². The van der Waals surface area contributed by atoms with Gasteiger partial charge in [0.15, 0.2) is 0 Å². The normalized spacial score (nSPS) is 18.8. The molecular formula is C21H21ClN4O2. The number of nitrogens with zero attached hydrogens (tertiary/aromatic N) is 4. The number of carbonyl (C=O) groups is 1. The minimum atomic E-state index is -0.166. The molecule has 144 valence electrons. The molecule has 0 fully saturated rings. The van der Waals surface area contributed by atoms with Crippen LogP contribution in [0.3, 0.4) is 0 Å². The Morgan fingerprint density at radius 3 is 2.43 bits per heavy atom. The lowest BCUT2D eigenvalue weighted by Crippen LogP contribution is -2.44. The molecule has 2 aromatic carbocycles. The number of aryl methyl sites for hydroxylation is 1. The second-order valence-electron chi connectivity index (χ2n) is 6.93. The fourth-order valence-corrected chi connectivity index (χ4v) is 3.83. The van der Waals surface area contributed by atoms with E-state index in [4.69, 9.17) is 16.3 Å². The number of anilines is 1. The van der Waals surface area contributed by atoms with E-state index >= 15 is 0 Å². The first-order valence-corrected chi connectivity index (χ1v) is 9.49. The Bertz CT molecular complexity index is 969. The highest BCUT2D eigenvalue weighted by molar-refractivity contribution is 6.30. The van der Waals surface area contributed by atoms with Gasteiger partial charge in [-0.1, -0.05) is 53.6 Å². The van der Waals surface area contributed by atoms with Gasteiger partial charge in [-0.2, -0.15) is 10.1 Å². The van der Waals surface area contributed by atoms with Gasteiger partial charge in [-0.25, -0.2) is 4.68 Å². The minimum absolute atomic E-state index is 0.0131. The lowest BCUT2D eigenvalue weighted by Gasteiger charge is -2.39. The third-order valence-corrected chi connectivity index (χ3v) is 5.33. The van der Waals surface area contributed by atoms with Crippen LogP contribution in [0.25, 0.3) is 0 Å². The average molecular weight is 397 g/mol. The van der Waals surface area contributed by atoms with Gasteiger partial charge in [0.25, 0.3) is 5.91 Å². The SMILES string of the molecule is COCC(=O)N1c2ncnn2[C@@H](c2ccc(Cl)cc2)C[C@H]1c1ccc(C)cc1. The van der Waals surface area contributed by atoms with Gasteiger partial charge >= 0.3 is 0 Å². The number of aromatic nitrogens is 3.